The average molecular weight is 277 g/mol. The summed E-state index contributed by atoms with van der Waals surface area (Å²) in [6.45, 7) is 4.30. The molecule has 106 valence electrons. The molecular weight excluding hydrogens is 258 g/mol. The van der Waals surface area contributed by atoms with Gasteiger partial charge in [-0.25, -0.2) is 4.98 Å². The topological polar surface area (TPSA) is 29.9 Å². The van der Waals surface area contributed by atoms with Gasteiger partial charge in [-0.05, 0) is 37.6 Å². The van der Waals surface area contributed by atoms with Gasteiger partial charge in [0, 0.05) is 29.8 Å². The quantitative estimate of drug-likeness (QED) is 0.768. The Morgan fingerprint density at radius 3 is 2.71 bits per heavy atom. The first kappa shape index (κ1) is 13.4. The van der Waals surface area contributed by atoms with Crippen LogP contribution in [0.1, 0.15) is 24.1 Å². The summed E-state index contributed by atoms with van der Waals surface area (Å²) in [6.07, 6.45) is 5.54. The molecule has 0 saturated carbocycles. The lowest BCUT2D eigenvalue weighted by atomic mass is 10.1. The predicted molar refractivity (Wildman–Crippen MR) is 86.8 cm³/mol. The maximum absolute atomic E-state index is 4.09. The van der Waals surface area contributed by atoms with Crippen LogP contribution in [-0.4, -0.2) is 9.55 Å². The lowest BCUT2D eigenvalue weighted by molar-refractivity contribution is 0.882. The summed E-state index contributed by atoms with van der Waals surface area (Å²) in [4.78, 5) is 4.09. The Bertz CT molecular complexity index is 717. The standard InChI is InChI=1S/C18H19N3/c1-14-5-3-6-16(11-14)15(2)20-17-7-4-8-18(12-17)21-10-9-19-13-21/h3-13,15,20H,1-2H3. The van der Waals surface area contributed by atoms with E-state index < -0.39 is 0 Å². The molecule has 1 heterocycles. The highest BCUT2D eigenvalue weighted by Crippen LogP contribution is 2.21. The maximum atomic E-state index is 4.09. The van der Waals surface area contributed by atoms with Crippen molar-refractivity contribution in [2.75, 3.05) is 5.32 Å². The van der Waals surface area contributed by atoms with Crippen LogP contribution >= 0.6 is 0 Å². The van der Waals surface area contributed by atoms with E-state index in [1.807, 2.05) is 17.1 Å². The van der Waals surface area contributed by atoms with Gasteiger partial charge in [0.05, 0.1) is 6.33 Å². The van der Waals surface area contributed by atoms with Gasteiger partial charge in [-0.1, -0.05) is 35.9 Å². The first-order valence-electron chi connectivity index (χ1n) is 7.14. The Morgan fingerprint density at radius 2 is 1.95 bits per heavy atom. The zero-order chi connectivity index (χ0) is 14.7. The summed E-state index contributed by atoms with van der Waals surface area (Å²) >= 11 is 0. The van der Waals surface area contributed by atoms with Gasteiger partial charge in [0.25, 0.3) is 0 Å². The molecule has 0 spiro atoms. The van der Waals surface area contributed by atoms with Crippen LogP contribution < -0.4 is 5.32 Å². The lowest BCUT2D eigenvalue weighted by Gasteiger charge is -2.17. The second-order valence-corrected chi connectivity index (χ2v) is 5.30. The molecule has 3 nitrogen and oxygen atoms in total. The summed E-state index contributed by atoms with van der Waals surface area (Å²) in [5.41, 5.74) is 4.79. The molecular formula is C18H19N3. The van der Waals surface area contributed by atoms with Crippen LogP contribution in [0.4, 0.5) is 5.69 Å². The molecule has 1 aromatic heterocycles. The highest BCUT2D eigenvalue weighted by molar-refractivity contribution is 5.52. The number of imidazole rings is 1. The molecule has 3 heteroatoms. The van der Waals surface area contributed by atoms with E-state index in [1.165, 1.54) is 11.1 Å². The Kier molecular flexibility index (Phi) is 3.73. The van der Waals surface area contributed by atoms with E-state index in [1.54, 1.807) is 6.20 Å². The Balaban J connectivity index is 1.80. The smallest absolute Gasteiger partial charge is 0.0991 e. The van der Waals surface area contributed by atoms with Gasteiger partial charge in [-0.15, -0.1) is 0 Å². The van der Waals surface area contributed by atoms with Crippen LogP contribution in [0.5, 0.6) is 0 Å². The van der Waals surface area contributed by atoms with Gasteiger partial charge in [0.2, 0.25) is 0 Å². The van der Waals surface area contributed by atoms with Crippen molar-refractivity contribution in [3.05, 3.63) is 78.4 Å². The number of benzene rings is 2. The molecule has 0 bridgehead atoms. The van der Waals surface area contributed by atoms with E-state index in [4.69, 9.17) is 0 Å². The largest absolute Gasteiger partial charge is 0.378 e. The van der Waals surface area contributed by atoms with Crippen LogP contribution in [-0.2, 0) is 0 Å². The molecule has 0 aliphatic carbocycles. The van der Waals surface area contributed by atoms with Gasteiger partial charge in [-0.3, -0.25) is 0 Å². The number of nitrogens with one attached hydrogen (secondary N) is 1. The SMILES string of the molecule is Cc1cccc(C(C)Nc2cccc(-n3ccnc3)c2)c1. The summed E-state index contributed by atoms with van der Waals surface area (Å²) < 4.78 is 2.00. The molecule has 0 radical (unpaired) electrons. The minimum absolute atomic E-state index is 0.267. The second-order valence-electron chi connectivity index (χ2n) is 5.30. The summed E-state index contributed by atoms with van der Waals surface area (Å²) in [6, 6.07) is 17.2. The van der Waals surface area contributed by atoms with Crippen molar-refractivity contribution in [1.82, 2.24) is 9.55 Å². The number of rotatable bonds is 4. The molecule has 0 aliphatic rings. The third-order valence-corrected chi connectivity index (χ3v) is 3.57. The molecule has 1 atom stereocenters. The molecule has 1 unspecified atom stereocenters. The molecule has 0 aliphatic heterocycles. The summed E-state index contributed by atoms with van der Waals surface area (Å²) in [5, 5.41) is 3.55. The minimum Gasteiger partial charge on any atom is -0.378 e. The highest BCUT2D eigenvalue weighted by Gasteiger charge is 2.06. The third-order valence-electron chi connectivity index (χ3n) is 3.57. The van der Waals surface area contributed by atoms with Crippen molar-refractivity contribution < 1.29 is 0 Å². The number of anilines is 1. The molecule has 3 aromatic rings. The van der Waals surface area contributed by atoms with Gasteiger partial charge >= 0.3 is 0 Å². The van der Waals surface area contributed by atoms with Gasteiger partial charge < -0.3 is 9.88 Å². The third kappa shape index (κ3) is 3.14. The first-order chi connectivity index (χ1) is 10.2. The molecule has 2 aromatic carbocycles. The van der Waals surface area contributed by atoms with E-state index >= 15 is 0 Å². The minimum atomic E-state index is 0.267. The fourth-order valence-corrected chi connectivity index (χ4v) is 2.44. The number of hydrogen-bond acceptors (Lipinski definition) is 2. The average Bonchev–Trinajstić information content (AvgIpc) is 3.02. The van der Waals surface area contributed by atoms with E-state index in [9.17, 15) is 0 Å². The molecule has 1 N–H and O–H groups in total. The van der Waals surface area contributed by atoms with Gasteiger partial charge in [-0.2, -0.15) is 0 Å². The van der Waals surface area contributed by atoms with Crippen molar-refractivity contribution in [3.8, 4) is 5.69 Å². The highest BCUT2D eigenvalue weighted by atomic mass is 15.0. The van der Waals surface area contributed by atoms with Crippen molar-refractivity contribution in [1.29, 1.82) is 0 Å². The molecule has 0 amide bonds. The number of aromatic nitrogens is 2. The second kappa shape index (κ2) is 5.83. The monoisotopic (exact) mass is 277 g/mol. The number of aryl methyl sites for hydroxylation is 1. The van der Waals surface area contributed by atoms with E-state index in [-0.39, 0.29) is 6.04 Å². The maximum Gasteiger partial charge on any atom is 0.0991 e. The van der Waals surface area contributed by atoms with E-state index in [0.717, 1.165) is 11.4 Å². The van der Waals surface area contributed by atoms with Crippen LogP contribution in [0.2, 0.25) is 0 Å². The van der Waals surface area contributed by atoms with Crippen LogP contribution in [0.25, 0.3) is 5.69 Å². The molecule has 3 rings (SSSR count). The predicted octanol–water partition coefficient (Wildman–Crippen LogP) is 4.35. The van der Waals surface area contributed by atoms with E-state index in [2.05, 4.69) is 72.7 Å². The van der Waals surface area contributed by atoms with Crippen molar-refractivity contribution >= 4 is 5.69 Å². The summed E-state index contributed by atoms with van der Waals surface area (Å²) in [5.74, 6) is 0. The van der Waals surface area contributed by atoms with Crippen molar-refractivity contribution in [2.45, 2.75) is 19.9 Å². The fourth-order valence-electron chi connectivity index (χ4n) is 2.44. The zero-order valence-corrected chi connectivity index (χ0v) is 12.3. The van der Waals surface area contributed by atoms with E-state index in [0.29, 0.717) is 0 Å². The normalized spacial score (nSPS) is 12.1. The number of nitrogens with zero attached hydrogens (tertiary/aromatic N) is 2. The Hall–Kier alpha value is -2.55. The molecule has 21 heavy (non-hydrogen) atoms. The van der Waals surface area contributed by atoms with Crippen LogP contribution in [0.3, 0.4) is 0 Å². The van der Waals surface area contributed by atoms with Crippen molar-refractivity contribution in [2.24, 2.45) is 0 Å². The van der Waals surface area contributed by atoms with Crippen molar-refractivity contribution in [3.63, 3.8) is 0 Å². The fraction of sp³-hybridized carbons (Fsp3) is 0.167. The Morgan fingerprint density at radius 1 is 1.10 bits per heavy atom. The zero-order valence-electron chi connectivity index (χ0n) is 12.3. The number of hydrogen-bond donors (Lipinski definition) is 1. The Labute approximate surface area is 125 Å². The molecule has 0 fully saturated rings. The van der Waals surface area contributed by atoms with Crippen LogP contribution in [0.15, 0.2) is 67.3 Å². The van der Waals surface area contributed by atoms with Crippen LogP contribution in [0, 0.1) is 6.92 Å². The molecule has 0 saturated heterocycles. The first-order valence-corrected chi connectivity index (χ1v) is 7.14. The van der Waals surface area contributed by atoms with Gasteiger partial charge in [0.15, 0.2) is 0 Å². The lowest BCUT2D eigenvalue weighted by Crippen LogP contribution is -2.07. The van der Waals surface area contributed by atoms with Gasteiger partial charge in [0.1, 0.15) is 0 Å². The summed E-state index contributed by atoms with van der Waals surface area (Å²) in [7, 11) is 0.